The fourth-order valence-electron chi connectivity index (χ4n) is 5.72. The molecule has 0 heterocycles. The number of unbranched alkanes of at least 4 members (excludes halogenated alkanes) is 4. The number of allylic oxidation sites excluding steroid dienone is 1. The molecule has 0 aliphatic heterocycles. The van der Waals surface area contributed by atoms with Crippen LogP contribution in [0.15, 0.2) is 36.7 Å². The highest BCUT2D eigenvalue weighted by atomic mass is 19.1. The molecular weight excluding hydrogens is 350 g/mol. The van der Waals surface area contributed by atoms with Gasteiger partial charge in [0, 0.05) is 0 Å². The first-order valence-corrected chi connectivity index (χ1v) is 11.8. The lowest BCUT2D eigenvalue weighted by Crippen LogP contribution is -2.25. The Morgan fingerprint density at radius 3 is 2.00 bits per heavy atom. The molecule has 2 fully saturated rings. The Hall–Kier alpha value is -1.18. The van der Waals surface area contributed by atoms with Crippen LogP contribution in [0.5, 0.6) is 0 Å². The third-order valence-corrected chi connectivity index (χ3v) is 7.49. The van der Waals surface area contributed by atoms with E-state index in [-0.39, 0.29) is 5.82 Å². The second-order valence-corrected chi connectivity index (χ2v) is 9.30. The summed E-state index contributed by atoms with van der Waals surface area (Å²) in [5, 5.41) is 0. The van der Waals surface area contributed by atoms with E-state index in [0.717, 1.165) is 30.6 Å². The Morgan fingerprint density at radius 1 is 0.750 bits per heavy atom. The van der Waals surface area contributed by atoms with Crippen molar-refractivity contribution in [2.24, 2.45) is 17.8 Å². The van der Waals surface area contributed by atoms with Crippen molar-refractivity contribution in [1.29, 1.82) is 0 Å². The van der Waals surface area contributed by atoms with Crippen molar-refractivity contribution in [3.8, 4) is 0 Å². The second kappa shape index (κ2) is 11.7. The molecule has 156 valence electrons. The maximum Gasteiger partial charge on any atom is 0.123 e. The number of hydrogen-bond acceptors (Lipinski definition) is 0. The maximum atomic E-state index is 13.1. The highest BCUT2D eigenvalue weighted by Crippen LogP contribution is 2.44. The summed E-state index contributed by atoms with van der Waals surface area (Å²) in [6.07, 6.45) is 20.7. The van der Waals surface area contributed by atoms with E-state index in [9.17, 15) is 8.78 Å². The van der Waals surface area contributed by atoms with Gasteiger partial charge in [0.15, 0.2) is 0 Å². The summed E-state index contributed by atoms with van der Waals surface area (Å²) in [4.78, 5) is 0. The van der Waals surface area contributed by atoms with E-state index >= 15 is 0 Å². The van der Waals surface area contributed by atoms with Crippen molar-refractivity contribution in [2.75, 3.05) is 0 Å². The van der Waals surface area contributed by atoms with E-state index in [0.29, 0.717) is 12.2 Å². The molecule has 28 heavy (non-hydrogen) atoms. The fraction of sp³-hybridized carbons (Fsp3) is 0.692. The zero-order valence-electron chi connectivity index (χ0n) is 17.4. The Balaban J connectivity index is 1.29. The predicted octanol–water partition coefficient (Wildman–Crippen LogP) is 8.73. The molecule has 0 nitrogen and oxygen atoms in total. The van der Waals surface area contributed by atoms with Gasteiger partial charge in [-0.25, -0.2) is 8.78 Å². The van der Waals surface area contributed by atoms with Crippen molar-refractivity contribution in [3.63, 3.8) is 0 Å². The van der Waals surface area contributed by atoms with Gasteiger partial charge in [-0.1, -0.05) is 56.7 Å². The summed E-state index contributed by atoms with van der Waals surface area (Å²) >= 11 is 0. The van der Waals surface area contributed by atoms with Crippen molar-refractivity contribution >= 4 is 0 Å². The van der Waals surface area contributed by atoms with Crippen LogP contribution >= 0.6 is 0 Å². The van der Waals surface area contributed by atoms with Gasteiger partial charge in [-0.15, -0.1) is 0 Å². The SMILES string of the molecule is FC=CCCCCCC[C@H]1CC[C@H]([C@H]2CC[C@H](c3ccc(F)cc3)CC2)CC1. The summed E-state index contributed by atoms with van der Waals surface area (Å²) in [7, 11) is 0. The minimum Gasteiger partial charge on any atom is -0.216 e. The molecule has 1 aromatic carbocycles. The van der Waals surface area contributed by atoms with Gasteiger partial charge in [0.05, 0.1) is 6.33 Å². The van der Waals surface area contributed by atoms with Crippen LogP contribution in [0.4, 0.5) is 8.78 Å². The first-order chi connectivity index (χ1) is 13.8. The minimum absolute atomic E-state index is 0.122. The average molecular weight is 389 g/mol. The van der Waals surface area contributed by atoms with Gasteiger partial charge in [-0.2, -0.15) is 0 Å². The lowest BCUT2D eigenvalue weighted by atomic mass is 9.68. The largest absolute Gasteiger partial charge is 0.216 e. The summed E-state index contributed by atoms with van der Waals surface area (Å²) in [5.74, 6) is 3.37. The lowest BCUT2D eigenvalue weighted by molar-refractivity contribution is 0.155. The van der Waals surface area contributed by atoms with Gasteiger partial charge in [0.25, 0.3) is 0 Å². The Morgan fingerprint density at radius 2 is 1.36 bits per heavy atom. The summed E-state index contributed by atoms with van der Waals surface area (Å²) in [5.41, 5.74) is 1.34. The molecule has 0 N–H and O–H groups in total. The fourth-order valence-corrected chi connectivity index (χ4v) is 5.72. The van der Waals surface area contributed by atoms with Crippen LogP contribution in [0.2, 0.25) is 0 Å². The van der Waals surface area contributed by atoms with Crippen molar-refractivity contribution < 1.29 is 8.78 Å². The molecule has 1 aromatic rings. The maximum absolute atomic E-state index is 13.1. The molecule has 0 unspecified atom stereocenters. The van der Waals surface area contributed by atoms with Gasteiger partial charge in [-0.3, -0.25) is 0 Å². The lowest BCUT2D eigenvalue weighted by Gasteiger charge is -2.38. The van der Waals surface area contributed by atoms with Crippen LogP contribution in [-0.4, -0.2) is 0 Å². The van der Waals surface area contributed by atoms with Crippen LogP contribution in [-0.2, 0) is 0 Å². The quantitative estimate of drug-likeness (QED) is 0.371. The van der Waals surface area contributed by atoms with Gasteiger partial charge < -0.3 is 0 Å². The summed E-state index contributed by atoms with van der Waals surface area (Å²) in [6.45, 7) is 0. The molecule has 0 spiro atoms. The summed E-state index contributed by atoms with van der Waals surface area (Å²) < 4.78 is 25.0. The highest BCUT2D eigenvalue weighted by molar-refractivity contribution is 5.21. The van der Waals surface area contributed by atoms with E-state index in [4.69, 9.17) is 0 Å². The van der Waals surface area contributed by atoms with Gasteiger partial charge in [0.2, 0.25) is 0 Å². The van der Waals surface area contributed by atoms with E-state index in [1.54, 1.807) is 18.2 Å². The number of hydrogen-bond donors (Lipinski definition) is 0. The molecule has 0 radical (unpaired) electrons. The molecule has 0 saturated heterocycles. The first-order valence-electron chi connectivity index (χ1n) is 11.8. The third-order valence-electron chi connectivity index (χ3n) is 7.49. The first kappa shape index (κ1) is 21.5. The molecule has 3 rings (SSSR count). The van der Waals surface area contributed by atoms with Crippen molar-refractivity contribution in [3.05, 3.63) is 48.1 Å². The van der Waals surface area contributed by atoms with Crippen LogP contribution < -0.4 is 0 Å². The topological polar surface area (TPSA) is 0 Å². The Bertz CT molecular complexity index is 561. The zero-order valence-corrected chi connectivity index (χ0v) is 17.4. The molecule has 0 atom stereocenters. The molecule has 2 aliphatic rings. The van der Waals surface area contributed by atoms with Gasteiger partial charge in [0.1, 0.15) is 5.82 Å². The Kier molecular flexibility index (Phi) is 9.02. The molecule has 0 bridgehead atoms. The van der Waals surface area contributed by atoms with E-state index in [2.05, 4.69) is 0 Å². The second-order valence-electron chi connectivity index (χ2n) is 9.30. The molecule has 0 amide bonds. The number of rotatable bonds is 9. The van der Waals surface area contributed by atoms with Crippen LogP contribution in [0.3, 0.4) is 0 Å². The zero-order chi connectivity index (χ0) is 19.6. The summed E-state index contributed by atoms with van der Waals surface area (Å²) in [6, 6.07) is 7.21. The number of benzene rings is 1. The van der Waals surface area contributed by atoms with Crippen molar-refractivity contribution in [2.45, 2.75) is 95.8 Å². The molecule has 2 aliphatic carbocycles. The van der Waals surface area contributed by atoms with Crippen molar-refractivity contribution in [1.82, 2.24) is 0 Å². The number of halogens is 2. The average Bonchev–Trinajstić information content (AvgIpc) is 2.74. The normalized spacial score (nSPS) is 28.6. The van der Waals surface area contributed by atoms with E-state index in [1.807, 2.05) is 12.1 Å². The molecule has 2 saturated carbocycles. The van der Waals surface area contributed by atoms with Crippen LogP contribution in [0, 0.1) is 23.6 Å². The van der Waals surface area contributed by atoms with Gasteiger partial charge in [-0.05, 0) is 92.7 Å². The van der Waals surface area contributed by atoms with Gasteiger partial charge >= 0.3 is 0 Å². The standard InChI is InChI=1S/C26H38F2/c27-20-6-4-2-1-3-5-7-21-8-10-22(11-9-21)23-12-14-24(15-13-23)25-16-18-26(28)19-17-25/h6,16-24H,1-5,7-15H2/t21-,22-,23-,24-. The minimum atomic E-state index is -0.122. The smallest absolute Gasteiger partial charge is 0.123 e. The molecule has 2 heteroatoms. The molecular formula is C26H38F2. The Labute approximate surface area is 170 Å². The monoisotopic (exact) mass is 388 g/mol. The van der Waals surface area contributed by atoms with Crippen LogP contribution in [0.1, 0.15) is 101 Å². The molecule has 0 aromatic heterocycles. The third kappa shape index (κ3) is 6.71. The predicted molar refractivity (Wildman–Crippen MR) is 114 cm³/mol. The highest BCUT2D eigenvalue weighted by Gasteiger charge is 2.31. The van der Waals surface area contributed by atoms with E-state index < -0.39 is 0 Å². The van der Waals surface area contributed by atoms with Crippen LogP contribution in [0.25, 0.3) is 0 Å². The van der Waals surface area contributed by atoms with E-state index in [1.165, 1.54) is 82.6 Å².